The number of aromatic amines is 1. The third-order valence-electron chi connectivity index (χ3n) is 6.45. The first-order valence-corrected chi connectivity index (χ1v) is 11.2. The third-order valence-corrected chi connectivity index (χ3v) is 6.45. The van der Waals surface area contributed by atoms with Crippen LogP contribution < -0.4 is 5.32 Å². The van der Waals surface area contributed by atoms with E-state index in [-0.39, 0.29) is 35.1 Å². The third kappa shape index (κ3) is 4.02. The zero-order chi connectivity index (χ0) is 24.0. The van der Waals surface area contributed by atoms with E-state index in [0.717, 1.165) is 30.2 Å². The number of H-pyrrole nitrogens is 1. The van der Waals surface area contributed by atoms with Gasteiger partial charge in [-0.3, -0.25) is 14.6 Å². The van der Waals surface area contributed by atoms with Gasteiger partial charge >= 0.3 is 6.18 Å². The number of para-hydroxylation sites is 1. The quantitative estimate of drug-likeness (QED) is 0.610. The van der Waals surface area contributed by atoms with E-state index in [4.69, 9.17) is 0 Å². The van der Waals surface area contributed by atoms with Crippen molar-refractivity contribution in [2.45, 2.75) is 38.5 Å². The molecular weight excluding hydrogens is 447 g/mol. The number of carbonyl (C=O) groups excluding carboxylic acids is 2. The summed E-state index contributed by atoms with van der Waals surface area (Å²) >= 11 is 0. The minimum Gasteiger partial charge on any atom is -0.341 e. The number of hydrazine groups is 1. The molecule has 1 fully saturated rings. The molecule has 3 heterocycles. The van der Waals surface area contributed by atoms with E-state index in [1.165, 1.54) is 12.1 Å². The summed E-state index contributed by atoms with van der Waals surface area (Å²) in [6.07, 6.45) is -3.53. The van der Waals surface area contributed by atoms with Crippen molar-refractivity contribution in [3.05, 3.63) is 65.0 Å². The van der Waals surface area contributed by atoms with Gasteiger partial charge in [0.15, 0.2) is 0 Å². The number of nitrogens with one attached hydrogen (secondary N) is 2. The first-order chi connectivity index (χ1) is 16.2. The summed E-state index contributed by atoms with van der Waals surface area (Å²) in [6.45, 7) is 3.66. The van der Waals surface area contributed by atoms with E-state index in [2.05, 4.69) is 15.3 Å². The lowest BCUT2D eigenvalue weighted by atomic mass is 9.98. The maximum absolute atomic E-state index is 13.3. The highest BCUT2D eigenvalue weighted by Gasteiger charge is 2.38. The van der Waals surface area contributed by atoms with Gasteiger partial charge in [0, 0.05) is 32.0 Å². The number of fused-ring (bicyclic) bond motifs is 3. The van der Waals surface area contributed by atoms with Crippen LogP contribution in [0, 0.1) is 5.92 Å². The molecule has 2 aromatic carbocycles. The molecule has 2 atom stereocenters. The highest BCUT2D eigenvalue weighted by molar-refractivity contribution is 5.90. The molecule has 178 valence electrons. The number of benzene rings is 2. The molecule has 0 spiro atoms. The number of imidazole rings is 1. The Bertz CT molecular complexity index is 1250. The number of nitrogens with zero attached hydrogens (tertiary/aromatic N) is 3. The van der Waals surface area contributed by atoms with Crippen molar-refractivity contribution in [2.75, 3.05) is 13.1 Å². The minimum absolute atomic E-state index is 0.0976. The van der Waals surface area contributed by atoms with E-state index in [1.807, 2.05) is 29.3 Å². The Hall–Kier alpha value is -3.40. The average molecular weight is 471 g/mol. The van der Waals surface area contributed by atoms with Gasteiger partial charge in [-0.2, -0.15) is 13.2 Å². The Kier molecular flexibility index (Phi) is 5.55. The maximum Gasteiger partial charge on any atom is 0.418 e. The molecule has 2 aliphatic rings. The Morgan fingerprint density at radius 2 is 2.00 bits per heavy atom. The lowest BCUT2D eigenvalue weighted by molar-refractivity contribution is -0.148. The number of hydrogen-bond donors (Lipinski definition) is 2. The molecule has 10 heteroatoms. The molecule has 2 aliphatic heterocycles. The molecular formula is C24H24F3N5O2. The van der Waals surface area contributed by atoms with Crippen LogP contribution in [0.1, 0.15) is 41.9 Å². The van der Waals surface area contributed by atoms with Gasteiger partial charge in [-0.05, 0) is 29.7 Å². The summed E-state index contributed by atoms with van der Waals surface area (Å²) in [5, 5.41) is 6.59. The van der Waals surface area contributed by atoms with E-state index in [0.29, 0.717) is 13.1 Å². The molecule has 2 N–H and O–H groups in total. The minimum atomic E-state index is -4.51. The summed E-state index contributed by atoms with van der Waals surface area (Å²) in [5.74, 6) is -0.876. The van der Waals surface area contributed by atoms with Gasteiger partial charge in [0.1, 0.15) is 11.9 Å². The highest BCUT2D eigenvalue weighted by atomic mass is 19.4. The Morgan fingerprint density at radius 3 is 2.79 bits per heavy atom. The highest BCUT2D eigenvalue weighted by Crippen LogP contribution is 2.34. The molecule has 0 bridgehead atoms. The molecule has 34 heavy (non-hydrogen) atoms. The Balaban J connectivity index is 1.36. The predicted molar refractivity (Wildman–Crippen MR) is 118 cm³/mol. The van der Waals surface area contributed by atoms with Crippen LogP contribution in [-0.4, -0.2) is 44.9 Å². The van der Waals surface area contributed by atoms with Crippen molar-refractivity contribution in [2.24, 2.45) is 5.92 Å². The zero-order valence-corrected chi connectivity index (χ0v) is 18.5. The first kappa shape index (κ1) is 22.4. The van der Waals surface area contributed by atoms with Crippen molar-refractivity contribution >= 4 is 22.8 Å². The van der Waals surface area contributed by atoms with Gasteiger partial charge in [0.25, 0.3) is 5.91 Å². The van der Waals surface area contributed by atoms with Crippen molar-refractivity contribution in [1.82, 2.24) is 25.3 Å². The summed E-state index contributed by atoms with van der Waals surface area (Å²) in [5.41, 5.74) is 1.05. The number of halogens is 3. The molecule has 0 saturated carbocycles. The van der Waals surface area contributed by atoms with Crippen LogP contribution >= 0.6 is 0 Å². The number of carbonyl (C=O) groups is 2. The van der Waals surface area contributed by atoms with Gasteiger partial charge in [0.2, 0.25) is 5.91 Å². The number of alkyl halides is 3. The zero-order valence-electron chi connectivity index (χ0n) is 18.5. The second-order valence-electron chi connectivity index (χ2n) is 8.83. The Morgan fingerprint density at radius 1 is 1.21 bits per heavy atom. The van der Waals surface area contributed by atoms with Crippen LogP contribution in [-0.2, 0) is 28.7 Å². The van der Waals surface area contributed by atoms with E-state index in [9.17, 15) is 22.8 Å². The standard InChI is InChI=1S/C24H24F3N5O2/c1-14(12-19-28-18-9-4-8-17(21(18)29-19)24(25,26)27)22(33)30-20-16-7-3-2-6-15(16)13-31-10-5-11-32(31)23(20)34/h2-4,6-9,14,20H,5,10-13H2,1H3,(H,28,29)(H,30,33)/t14-,20+/m1/s1. The van der Waals surface area contributed by atoms with E-state index in [1.54, 1.807) is 11.9 Å². The number of hydrogen-bond acceptors (Lipinski definition) is 4. The van der Waals surface area contributed by atoms with Gasteiger partial charge in [-0.1, -0.05) is 37.3 Å². The lowest BCUT2D eigenvalue weighted by Gasteiger charge is -2.28. The maximum atomic E-state index is 13.3. The Labute approximate surface area is 193 Å². The van der Waals surface area contributed by atoms with E-state index >= 15 is 0 Å². The van der Waals surface area contributed by atoms with Gasteiger partial charge in [-0.15, -0.1) is 0 Å². The molecule has 0 unspecified atom stereocenters. The second kappa shape index (κ2) is 8.43. The van der Waals surface area contributed by atoms with Gasteiger partial charge in [-0.25, -0.2) is 9.99 Å². The van der Waals surface area contributed by atoms with Crippen molar-refractivity contribution < 1.29 is 22.8 Å². The summed E-state index contributed by atoms with van der Waals surface area (Å²) < 4.78 is 39.9. The van der Waals surface area contributed by atoms with Gasteiger partial charge in [0.05, 0.1) is 16.6 Å². The fraction of sp³-hybridized carbons (Fsp3) is 0.375. The summed E-state index contributed by atoms with van der Waals surface area (Å²) in [7, 11) is 0. The molecule has 5 rings (SSSR count). The van der Waals surface area contributed by atoms with Gasteiger partial charge < -0.3 is 10.3 Å². The molecule has 3 aromatic rings. The molecule has 1 aromatic heterocycles. The SMILES string of the molecule is C[C@H](Cc1nc2cccc(C(F)(F)F)c2[nH]1)C(=O)N[C@@H]1C(=O)N2CCCN2Cc2ccccc21. The van der Waals surface area contributed by atoms with Crippen LogP contribution in [0.4, 0.5) is 13.2 Å². The van der Waals surface area contributed by atoms with Crippen LogP contribution in [0.3, 0.4) is 0 Å². The van der Waals surface area contributed by atoms with Crippen molar-refractivity contribution in [3.8, 4) is 0 Å². The van der Waals surface area contributed by atoms with E-state index < -0.39 is 23.7 Å². The monoisotopic (exact) mass is 471 g/mol. The smallest absolute Gasteiger partial charge is 0.341 e. The average Bonchev–Trinajstić information content (AvgIpc) is 3.40. The van der Waals surface area contributed by atoms with Crippen LogP contribution in [0.25, 0.3) is 11.0 Å². The second-order valence-corrected chi connectivity index (χ2v) is 8.83. The fourth-order valence-electron chi connectivity index (χ4n) is 4.74. The topological polar surface area (TPSA) is 81.3 Å². The molecule has 0 aliphatic carbocycles. The number of rotatable bonds is 4. The lowest BCUT2D eigenvalue weighted by Crippen LogP contribution is -2.46. The largest absolute Gasteiger partial charge is 0.418 e. The number of aromatic nitrogens is 2. The van der Waals surface area contributed by atoms with Crippen molar-refractivity contribution in [1.29, 1.82) is 0 Å². The molecule has 2 amide bonds. The predicted octanol–water partition coefficient (Wildman–Crippen LogP) is 3.58. The fourth-order valence-corrected chi connectivity index (χ4v) is 4.74. The van der Waals surface area contributed by atoms with Crippen molar-refractivity contribution in [3.63, 3.8) is 0 Å². The molecule has 7 nitrogen and oxygen atoms in total. The van der Waals surface area contributed by atoms with Crippen LogP contribution in [0.15, 0.2) is 42.5 Å². The van der Waals surface area contributed by atoms with Crippen LogP contribution in [0.2, 0.25) is 0 Å². The molecule has 1 saturated heterocycles. The summed E-state index contributed by atoms with van der Waals surface area (Å²) in [6, 6.07) is 10.5. The summed E-state index contributed by atoms with van der Waals surface area (Å²) in [4.78, 5) is 33.4. The normalized spacial score (nSPS) is 19.6. The van der Waals surface area contributed by atoms with Crippen LogP contribution in [0.5, 0.6) is 0 Å². The number of amides is 2. The first-order valence-electron chi connectivity index (χ1n) is 11.2. The molecule has 0 radical (unpaired) electrons.